The Morgan fingerprint density at radius 2 is 2.33 bits per heavy atom. The Morgan fingerprint density at radius 3 is 3.05 bits per heavy atom. The van der Waals surface area contributed by atoms with E-state index in [9.17, 15) is 9.18 Å². The molecule has 0 bridgehead atoms. The van der Waals surface area contributed by atoms with Gasteiger partial charge in [0.25, 0.3) is 0 Å². The zero-order valence-corrected chi connectivity index (χ0v) is 12.6. The third-order valence-electron chi connectivity index (χ3n) is 3.76. The summed E-state index contributed by atoms with van der Waals surface area (Å²) in [6.45, 7) is 2.90. The van der Waals surface area contributed by atoms with Gasteiger partial charge in [0.05, 0.1) is 6.54 Å². The van der Waals surface area contributed by atoms with Gasteiger partial charge in [-0.1, -0.05) is 17.7 Å². The van der Waals surface area contributed by atoms with Gasteiger partial charge in [-0.2, -0.15) is 0 Å². The van der Waals surface area contributed by atoms with Crippen molar-refractivity contribution in [2.24, 2.45) is 5.92 Å². The van der Waals surface area contributed by atoms with E-state index in [2.05, 4.69) is 10.2 Å². The third kappa shape index (κ3) is 4.95. The molecule has 116 valence electrons. The zero-order chi connectivity index (χ0) is 15.2. The Labute approximate surface area is 128 Å². The van der Waals surface area contributed by atoms with Crippen LogP contribution in [0.25, 0.3) is 0 Å². The topological polar surface area (TPSA) is 52.6 Å². The smallest absolute Gasteiger partial charge is 0.317 e. The number of carboxylic acids is 1. The van der Waals surface area contributed by atoms with Crippen molar-refractivity contribution < 1.29 is 14.3 Å². The minimum Gasteiger partial charge on any atom is -0.480 e. The second kappa shape index (κ2) is 7.73. The van der Waals surface area contributed by atoms with Crippen LogP contribution in [0.15, 0.2) is 18.2 Å². The van der Waals surface area contributed by atoms with Crippen LogP contribution in [0.4, 0.5) is 4.39 Å². The summed E-state index contributed by atoms with van der Waals surface area (Å²) in [5.41, 5.74) is 0.540. The third-order valence-corrected chi connectivity index (χ3v) is 4.11. The van der Waals surface area contributed by atoms with Crippen LogP contribution < -0.4 is 5.32 Å². The highest BCUT2D eigenvalue weighted by atomic mass is 35.5. The number of halogens is 2. The second-order valence-electron chi connectivity index (χ2n) is 5.47. The molecule has 2 rings (SSSR count). The summed E-state index contributed by atoms with van der Waals surface area (Å²) >= 11 is 6.06. The summed E-state index contributed by atoms with van der Waals surface area (Å²) in [5, 5.41) is 12.0. The first-order valence-corrected chi connectivity index (χ1v) is 7.52. The van der Waals surface area contributed by atoms with Gasteiger partial charge in [0.1, 0.15) is 5.82 Å². The monoisotopic (exact) mass is 314 g/mol. The molecule has 1 saturated heterocycles. The van der Waals surface area contributed by atoms with Crippen LogP contribution in [0.1, 0.15) is 18.4 Å². The summed E-state index contributed by atoms with van der Waals surface area (Å²) < 4.78 is 13.8. The Balaban J connectivity index is 1.88. The highest BCUT2D eigenvalue weighted by Crippen LogP contribution is 2.24. The number of carboxylic acid groups (broad SMARTS) is 1. The summed E-state index contributed by atoms with van der Waals surface area (Å²) in [4.78, 5) is 12.7. The molecule has 1 atom stereocenters. The van der Waals surface area contributed by atoms with Gasteiger partial charge in [-0.3, -0.25) is 9.69 Å². The summed E-state index contributed by atoms with van der Waals surface area (Å²) in [5.74, 6) is -0.724. The lowest BCUT2D eigenvalue weighted by molar-refractivity contribution is -0.136. The molecule has 4 nitrogen and oxygen atoms in total. The van der Waals surface area contributed by atoms with E-state index in [-0.39, 0.29) is 12.4 Å². The molecule has 1 heterocycles. The average molecular weight is 315 g/mol. The number of nitrogens with zero attached hydrogens (tertiary/aromatic N) is 1. The number of hydrogen-bond acceptors (Lipinski definition) is 3. The number of likely N-dealkylation sites (tertiary alicyclic amines) is 1. The molecule has 1 unspecified atom stereocenters. The van der Waals surface area contributed by atoms with E-state index >= 15 is 0 Å². The molecule has 1 aromatic rings. The number of carbonyl (C=O) groups is 1. The first-order valence-electron chi connectivity index (χ1n) is 7.14. The van der Waals surface area contributed by atoms with E-state index < -0.39 is 5.97 Å². The van der Waals surface area contributed by atoms with Crippen molar-refractivity contribution in [2.75, 3.05) is 26.2 Å². The Bertz CT molecular complexity index is 478. The van der Waals surface area contributed by atoms with Gasteiger partial charge in [0.15, 0.2) is 0 Å². The van der Waals surface area contributed by atoms with Crippen molar-refractivity contribution in [3.63, 3.8) is 0 Å². The van der Waals surface area contributed by atoms with Crippen molar-refractivity contribution in [1.29, 1.82) is 0 Å². The lowest BCUT2D eigenvalue weighted by Crippen LogP contribution is -2.40. The van der Waals surface area contributed by atoms with Crippen LogP contribution >= 0.6 is 11.6 Å². The van der Waals surface area contributed by atoms with Gasteiger partial charge in [-0.25, -0.2) is 4.39 Å². The Morgan fingerprint density at radius 1 is 1.52 bits per heavy atom. The predicted molar refractivity (Wildman–Crippen MR) is 79.9 cm³/mol. The van der Waals surface area contributed by atoms with Gasteiger partial charge >= 0.3 is 5.97 Å². The minimum absolute atomic E-state index is 0.0182. The van der Waals surface area contributed by atoms with E-state index in [0.29, 0.717) is 29.6 Å². The molecule has 1 aromatic carbocycles. The van der Waals surface area contributed by atoms with Crippen molar-refractivity contribution >= 4 is 17.6 Å². The molecule has 0 amide bonds. The molecule has 0 saturated carbocycles. The summed E-state index contributed by atoms with van der Waals surface area (Å²) in [6.07, 6.45) is 2.10. The van der Waals surface area contributed by atoms with Crippen LogP contribution in [-0.2, 0) is 11.3 Å². The number of benzene rings is 1. The van der Waals surface area contributed by atoms with Crippen LogP contribution in [-0.4, -0.2) is 42.2 Å². The lowest BCUT2D eigenvalue weighted by Gasteiger charge is -2.33. The number of rotatable bonds is 6. The molecule has 0 radical (unpaired) electrons. The number of piperidine rings is 1. The van der Waals surface area contributed by atoms with Crippen molar-refractivity contribution in [1.82, 2.24) is 10.2 Å². The SMILES string of the molecule is O=C(O)CNCC1CCCN(Cc2c(F)cccc2Cl)C1. The average Bonchev–Trinajstić information content (AvgIpc) is 2.43. The van der Waals surface area contributed by atoms with Gasteiger partial charge in [-0.15, -0.1) is 0 Å². The van der Waals surface area contributed by atoms with Crippen LogP contribution in [0.5, 0.6) is 0 Å². The predicted octanol–water partition coefficient (Wildman–Crippen LogP) is 2.37. The van der Waals surface area contributed by atoms with Gasteiger partial charge < -0.3 is 10.4 Å². The van der Waals surface area contributed by atoms with E-state index in [1.807, 2.05) is 0 Å². The minimum atomic E-state index is -0.846. The van der Waals surface area contributed by atoms with E-state index in [4.69, 9.17) is 16.7 Å². The number of hydrogen-bond donors (Lipinski definition) is 2. The quantitative estimate of drug-likeness (QED) is 0.846. The Kier molecular flexibility index (Phi) is 5.96. The second-order valence-corrected chi connectivity index (χ2v) is 5.88. The Hall–Kier alpha value is -1.17. The largest absolute Gasteiger partial charge is 0.480 e. The number of nitrogens with one attached hydrogen (secondary N) is 1. The van der Waals surface area contributed by atoms with Crippen molar-refractivity contribution in [2.45, 2.75) is 19.4 Å². The van der Waals surface area contributed by atoms with Crippen LogP contribution in [0.2, 0.25) is 5.02 Å². The first-order chi connectivity index (χ1) is 10.1. The highest BCUT2D eigenvalue weighted by Gasteiger charge is 2.21. The summed E-state index contributed by atoms with van der Waals surface area (Å²) in [7, 11) is 0. The molecule has 0 spiro atoms. The highest BCUT2D eigenvalue weighted by molar-refractivity contribution is 6.31. The van der Waals surface area contributed by atoms with Crippen LogP contribution in [0.3, 0.4) is 0 Å². The van der Waals surface area contributed by atoms with E-state index in [1.54, 1.807) is 12.1 Å². The molecular weight excluding hydrogens is 295 g/mol. The van der Waals surface area contributed by atoms with Gasteiger partial charge in [-0.05, 0) is 44.0 Å². The maximum atomic E-state index is 13.8. The number of aliphatic carboxylic acids is 1. The standard InChI is InChI=1S/C15H20ClFN2O2/c16-13-4-1-5-14(17)12(13)10-19-6-2-3-11(9-19)7-18-8-15(20)21/h1,4-5,11,18H,2-3,6-10H2,(H,20,21). The summed E-state index contributed by atoms with van der Waals surface area (Å²) in [6, 6.07) is 4.74. The van der Waals surface area contributed by atoms with Crippen molar-refractivity contribution in [3.8, 4) is 0 Å². The maximum Gasteiger partial charge on any atom is 0.317 e. The van der Waals surface area contributed by atoms with Crippen molar-refractivity contribution in [3.05, 3.63) is 34.6 Å². The fourth-order valence-corrected chi connectivity index (χ4v) is 2.97. The molecule has 1 aliphatic rings. The maximum absolute atomic E-state index is 13.8. The lowest BCUT2D eigenvalue weighted by atomic mass is 9.97. The molecule has 21 heavy (non-hydrogen) atoms. The molecule has 0 aliphatic carbocycles. The molecule has 1 fully saturated rings. The first kappa shape index (κ1) is 16.2. The van der Waals surface area contributed by atoms with E-state index in [1.165, 1.54) is 6.07 Å². The van der Waals surface area contributed by atoms with Gasteiger partial charge in [0.2, 0.25) is 0 Å². The fourth-order valence-electron chi connectivity index (χ4n) is 2.75. The molecule has 6 heteroatoms. The fraction of sp³-hybridized carbons (Fsp3) is 0.533. The van der Waals surface area contributed by atoms with Gasteiger partial charge in [0, 0.05) is 23.7 Å². The molecular formula is C15H20ClFN2O2. The molecule has 2 N–H and O–H groups in total. The zero-order valence-electron chi connectivity index (χ0n) is 11.8. The van der Waals surface area contributed by atoms with Crippen LogP contribution in [0, 0.1) is 11.7 Å². The molecule has 0 aromatic heterocycles. The normalized spacial score (nSPS) is 19.6. The van der Waals surface area contributed by atoms with E-state index in [0.717, 1.165) is 25.9 Å². The molecule has 1 aliphatic heterocycles.